The van der Waals surface area contributed by atoms with Gasteiger partial charge in [0.05, 0.1) is 37.1 Å². The monoisotopic (exact) mass is 590 g/mol. The van der Waals surface area contributed by atoms with Crippen LogP contribution in [0.25, 0.3) is 11.3 Å². The molecule has 218 valence electrons. The molecule has 11 nitrogen and oxygen atoms in total. The fourth-order valence-electron chi connectivity index (χ4n) is 4.40. The van der Waals surface area contributed by atoms with Crippen LogP contribution in [0.4, 0.5) is 0 Å². The van der Waals surface area contributed by atoms with Gasteiger partial charge in [0, 0.05) is 16.8 Å². The van der Waals surface area contributed by atoms with Crippen molar-refractivity contribution in [3.8, 4) is 17.1 Å². The van der Waals surface area contributed by atoms with Gasteiger partial charge in [-0.15, -0.1) is 0 Å². The molecule has 4 rings (SSSR count). The van der Waals surface area contributed by atoms with Gasteiger partial charge in [-0.3, -0.25) is 4.79 Å². The summed E-state index contributed by atoms with van der Waals surface area (Å²) in [4.78, 5) is 37.2. The standard InChI is InChI=1S/C30H30N4O7S/c1-5-39-29(37)26-18(3)32-30(42)33-27(26)22-9-6-7-12-23(22)40-16-25(35)34-31-15-19-13-14-24(41-19)20-10-8-11-21(17(20)2)28(36)38-4/h6-15,27H,5,16H2,1-4H3,(H,34,35)(H2,32,33,42)/t27-/m1/s1. The lowest BCUT2D eigenvalue weighted by atomic mass is 9.95. The molecule has 0 aliphatic carbocycles. The van der Waals surface area contributed by atoms with Crippen LogP contribution in [-0.2, 0) is 19.1 Å². The molecule has 0 bridgehead atoms. The van der Waals surface area contributed by atoms with Gasteiger partial charge >= 0.3 is 11.9 Å². The Labute approximate surface area is 247 Å². The molecule has 2 aromatic carbocycles. The normalized spacial score (nSPS) is 14.7. The Bertz CT molecular complexity index is 1580. The second-order valence-electron chi connectivity index (χ2n) is 9.08. The molecule has 3 aromatic rings. The van der Waals surface area contributed by atoms with E-state index in [-0.39, 0.29) is 13.2 Å². The first kappa shape index (κ1) is 30.0. The largest absolute Gasteiger partial charge is 0.483 e. The van der Waals surface area contributed by atoms with Crippen LogP contribution in [0, 0.1) is 6.92 Å². The van der Waals surface area contributed by atoms with Crippen LogP contribution in [0.1, 0.15) is 47.1 Å². The molecular weight excluding hydrogens is 560 g/mol. The number of hydrogen-bond acceptors (Lipinski definition) is 9. The van der Waals surface area contributed by atoms with Crippen molar-refractivity contribution in [1.82, 2.24) is 16.1 Å². The van der Waals surface area contributed by atoms with Crippen LogP contribution in [0.3, 0.4) is 0 Å². The summed E-state index contributed by atoms with van der Waals surface area (Å²) >= 11 is 5.30. The zero-order chi connectivity index (χ0) is 30.2. The number of amides is 1. The first-order chi connectivity index (χ1) is 20.2. The molecule has 42 heavy (non-hydrogen) atoms. The van der Waals surface area contributed by atoms with Gasteiger partial charge in [0.15, 0.2) is 11.7 Å². The lowest BCUT2D eigenvalue weighted by Gasteiger charge is -2.30. The van der Waals surface area contributed by atoms with E-state index in [4.69, 9.17) is 30.8 Å². The van der Waals surface area contributed by atoms with E-state index in [1.165, 1.54) is 13.3 Å². The lowest BCUT2D eigenvalue weighted by Crippen LogP contribution is -2.45. The Morgan fingerprint density at radius 3 is 2.62 bits per heavy atom. The Balaban J connectivity index is 1.41. The minimum atomic E-state index is -0.639. The number of hydrazone groups is 1. The van der Waals surface area contributed by atoms with Crippen molar-refractivity contribution in [3.05, 3.63) is 88.3 Å². The Morgan fingerprint density at radius 2 is 1.86 bits per heavy atom. The van der Waals surface area contributed by atoms with E-state index in [1.54, 1.807) is 69.3 Å². The smallest absolute Gasteiger partial charge is 0.338 e. The molecule has 2 heterocycles. The molecule has 1 amide bonds. The number of thiocarbonyl (C=S) groups is 1. The summed E-state index contributed by atoms with van der Waals surface area (Å²) in [5.74, 6) is -0.132. The number of methoxy groups -OCH3 is 1. The van der Waals surface area contributed by atoms with Gasteiger partial charge in [0.2, 0.25) is 0 Å². The highest BCUT2D eigenvalue weighted by molar-refractivity contribution is 7.80. The quantitative estimate of drug-likeness (QED) is 0.138. The average Bonchev–Trinajstić information content (AvgIpc) is 3.44. The van der Waals surface area contributed by atoms with Crippen molar-refractivity contribution in [2.45, 2.75) is 26.8 Å². The van der Waals surface area contributed by atoms with Crippen molar-refractivity contribution in [2.75, 3.05) is 20.3 Å². The minimum absolute atomic E-state index is 0.215. The number of hydrogen-bond donors (Lipinski definition) is 3. The summed E-state index contributed by atoms with van der Waals surface area (Å²) in [5, 5.41) is 10.3. The van der Waals surface area contributed by atoms with E-state index in [0.717, 1.165) is 11.1 Å². The number of nitrogens with zero attached hydrogens (tertiary/aromatic N) is 1. The number of furan rings is 1. The number of rotatable bonds is 10. The maximum atomic E-state index is 12.7. The predicted octanol–water partition coefficient (Wildman–Crippen LogP) is 3.93. The third-order valence-electron chi connectivity index (χ3n) is 6.37. The number of allylic oxidation sites excluding steroid dienone is 1. The number of esters is 2. The van der Waals surface area contributed by atoms with E-state index in [9.17, 15) is 14.4 Å². The summed E-state index contributed by atoms with van der Waals surface area (Å²) in [7, 11) is 1.33. The number of carbonyl (C=O) groups excluding carboxylic acids is 3. The van der Waals surface area contributed by atoms with Gasteiger partial charge in [-0.05, 0) is 62.8 Å². The average molecular weight is 591 g/mol. The molecule has 0 saturated carbocycles. The molecule has 3 N–H and O–H groups in total. The second kappa shape index (κ2) is 13.6. The summed E-state index contributed by atoms with van der Waals surface area (Å²) in [6.45, 7) is 5.15. The van der Waals surface area contributed by atoms with Crippen molar-refractivity contribution in [3.63, 3.8) is 0 Å². The van der Waals surface area contributed by atoms with Gasteiger partial charge in [-0.2, -0.15) is 5.10 Å². The first-order valence-electron chi connectivity index (χ1n) is 13.0. The predicted molar refractivity (Wildman–Crippen MR) is 159 cm³/mol. The van der Waals surface area contributed by atoms with Crippen LogP contribution in [-0.4, -0.2) is 49.5 Å². The first-order valence-corrected chi connectivity index (χ1v) is 13.4. The molecule has 0 fully saturated rings. The Kier molecular flexibility index (Phi) is 9.71. The molecule has 0 spiro atoms. The Morgan fingerprint density at radius 1 is 1.07 bits per heavy atom. The van der Waals surface area contributed by atoms with Gasteiger partial charge < -0.3 is 29.3 Å². The zero-order valence-corrected chi connectivity index (χ0v) is 24.3. The molecule has 1 atom stereocenters. The highest BCUT2D eigenvalue weighted by Crippen LogP contribution is 2.33. The molecular formula is C30H30N4O7S. The summed E-state index contributed by atoms with van der Waals surface area (Å²) in [6.07, 6.45) is 1.36. The molecule has 12 heteroatoms. The molecule has 0 radical (unpaired) electrons. The highest BCUT2D eigenvalue weighted by atomic mass is 32.1. The van der Waals surface area contributed by atoms with Crippen LogP contribution in [0.2, 0.25) is 0 Å². The lowest BCUT2D eigenvalue weighted by molar-refractivity contribution is -0.139. The van der Waals surface area contributed by atoms with Crippen LogP contribution >= 0.6 is 12.2 Å². The van der Waals surface area contributed by atoms with Crippen molar-refractivity contribution in [2.24, 2.45) is 5.10 Å². The minimum Gasteiger partial charge on any atom is -0.483 e. The van der Waals surface area contributed by atoms with Gasteiger partial charge in [0.1, 0.15) is 17.3 Å². The molecule has 0 saturated heterocycles. The molecule has 1 aromatic heterocycles. The van der Waals surface area contributed by atoms with Gasteiger partial charge in [0.25, 0.3) is 5.91 Å². The van der Waals surface area contributed by atoms with Crippen molar-refractivity contribution in [1.29, 1.82) is 0 Å². The number of ether oxygens (including phenoxy) is 3. The topological polar surface area (TPSA) is 140 Å². The number of benzene rings is 2. The van der Waals surface area contributed by atoms with Gasteiger partial charge in [-0.1, -0.05) is 30.3 Å². The van der Waals surface area contributed by atoms with E-state index in [2.05, 4.69) is 21.2 Å². The van der Waals surface area contributed by atoms with Crippen LogP contribution < -0.4 is 20.8 Å². The number of para-hydroxylation sites is 1. The SMILES string of the molecule is CCOC(=O)C1=C(C)NC(=S)N[C@@H]1c1ccccc1OCC(=O)NN=Cc1ccc(-c2cccc(C(=O)OC)c2C)o1. The van der Waals surface area contributed by atoms with Gasteiger partial charge in [-0.25, -0.2) is 15.0 Å². The molecule has 0 unspecified atom stereocenters. The van der Waals surface area contributed by atoms with Crippen LogP contribution in [0.5, 0.6) is 5.75 Å². The second-order valence-corrected chi connectivity index (χ2v) is 9.49. The van der Waals surface area contributed by atoms with E-state index in [0.29, 0.717) is 44.8 Å². The van der Waals surface area contributed by atoms with E-state index < -0.39 is 23.9 Å². The zero-order valence-electron chi connectivity index (χ0n) is 23.5. The summed E-state index contributed by atoms with van der Waals surface area (Å²) < 4.78 is 21.7. The maximum Gasteiger partial charge on any atom is 0.338 e. The maximum absolute atomic E-state index is 12.7. The Hall–Kier alpha value is -4.97. The fourth-order valence-corrected chi connectivity index (χ4v) is 4.67. The molecule has 1 aliphatic rings. The van der Waals surface area contributed by atoms with Crippen molar-refractivity contribution >= 4 is 41.4 Å². The molecule has 1 aliphatic heterocycles. The van der Waals surface area contributed by atoms with Crippen molar-refractivity contribution < 1.29 is 33.0 Å². The van der Waals surface area contributed by atoms with E-state index in [1.807, 2.05) is 6.07 Å². The highest BCUT2D eigenvalue weighted by Gasteiger charge is 2.32. The third-order valence-corrected chi connectivity index (χ3v) is 6.59. The number of nitrogens with one attached hydrogen (secondary N) is 3. The summed E-state index contributed by atoms with van der Waals surface area (Å²) in [6, 6.07) is 15.1. The third kappa shape index (κ3) is 6.84. The van der Waals surface area contributed by atoms with E-state index >= 15 is 0 Å². The summed E-state index contributed by atoms with van der Waals surface area (Å²) in [5.41, 5.74) is 5.83. The van der Waals surface area contributed by atoms with Crippen LogP contribution in [0.15, 0.2) is 75.4 Å². The fraction of sp³-hybridized carbons (Fsp3) is 0.233. The number of carbonyl (C=O) groups is 3.